The van der Waals surface area contributed by atoms with Gasteiger partial charge in [-0.2, -0.15) is 0 Å². The van der Waals surface area contributed by atoms with Gasteiger partial charge in [0.15, 0.2) is 5.96 Å². The third-order valence-electron chi connectivity index (χ3n) is 4.59. The summed E-state index contributed by atoms with van der Waals surface area (Å²) in [5.41, 5.74) is 1.31. The summed E-state index contributed by atoms with van der Waals surface area (Å²) in [5.74, 6) is 1.53. The lowest BCUT2D eigenvalue weighted by Crippen LogP contribution is -2.41. The van der Waals surface area contributed by atoms with E-state index in [4.69, 9.17) is 0 Å². The summed E-state index contributed by atoms with van der Waals surface area (Å²) in [6.45, 7) is 4.97. The van der Waals surface area contributed by atoms with Crippen LogP contribution in [0.1, 0.15) is 6.42 Å². The second-order valence-electron chi connectivity index (χ2n) is 6.38. The van der Waals surface area contributed by atoms with E-state index in [0.717, 1.165) is 43.2 Å². The number of hydrogen-bond acceptors (Lipinski definition) is 2. The number of benzene rings is 1. The molecule has 2 N–H and O–H groups in total. The van der Waals surface area contributed by atoms with E-state index in [1.165, 1.54) is 12.1 Å². The van der Waals surface area contributed by atoms with Crippen molar-refractivity contribution in [2.45, 2.75) is 13.0 Å². The molecular weight excluding hydrogens is 505 g/mol. The zero-order valence-electron chi connectivity index (χ0n) is 15.1. The number of guanidine groups is 1. The Morgan fingerprint density at radius 3 is 2.62 bits per heavy atom. The first-order valence-electron chi connectivity index (χ1n) is 8.80. The number of rotatable bonds is 6. The third kappa shape index (κ3) is 6.19. The smallest absolute Gasteiger partial charge is 0.191 e. The molecule has 0 saturated carbocycles. The monoisotopic (exact) mass is 531 g/mol. The van der Waals surface area contributed by atoms with Gasteiger partial charge in [0.1, 0.15) is 0 Å². The molecule has 1 unspecified atom stereocenters. The van der Waals surface area contributed by atoms with Gasteiger partial charge in [0.2, 0.25) is 0 Å². The van der Waals surface area contributed by atoms with E-state index in [2.05, 4.69) is 77.7 Å². The van der Waals surface area contributed by atoms with Crippen LogP contribution in [0.15, 0.2) is 58.3 Å². The van der Waals surface area contributed by atoms with Gasteiger partial charge >= 0.3 is 0 Å². The Morgan fingerprint density at radius 1 is 1.19 bits per heavy atom. The second kappa shape index (κ2) is 10.8. The van der Waals surface area contributed by atoms with Crippen LogP contribution in [-0.4, -0.2) is 43.8 Å². The Balaban J connectivity index is 0.00000243. The molecule has 142 valence electrons. The lowest BCUT2D eigenvalue weighted by Gasteiger charge is -2.19. The van der Waals surface area contributed by atoms with Crippen molar-refractivity contribution < 1.29 is 0 Å². The molecule has 0 aliphatic carbocycles. The van der Waals surface area contributed by atoms with Gasteiger partial charge < -0.3 is 20.1 Å². The highest BCUT2D eigenvalue weighted by atomic mass is 127. The predicted octanol–water partition coefficient (Wildman–Crippen LogP) is 3.56. The standard InChI is InChI=1S/C19H26BrN5.HI/c1-21-19(22-9-13-24-10-2-3-11-24)23-14-16-8-12-25(15-16)18-6-4-17(20)5-7-18;/h2-7,10-11,16H,8-9,12-15H2,1H3,(H2,21,22,23);1H. The van der Waals surface area contributed by atoms with E-state index in [0.29, 0.717) is 5.92 Å². The minimum Gasteiger partial charge on any atom is -0.371 e. The molecular formula is C19H27BrIN5. The number of anilines is 1. The SMILES string of the molecule is CN=C(NCCn1cccc1)NCC1CCN(c2ccc(Br)cc2)C1.I. The molecule has 0 spiro atoms. The molecule has 26 heavy (non-hydrogen) atoms. The predicted molar refractivity (Wildman–Crippen MR) is 124 cm³/mol. The van der Waals surface area contributed by atoms with Crippen LogP contribution in [0.5, 0.6) is 0 Å². The average molecular weight is 532 g/mol. The Labute approximate surface area is 181 Å². The van der Waals surface area contributed by atoms with Gasteiger partial charge in [-0.1, -0.05) is 15.9 Å². The summed E-state index contributed by atoms with van der Waals surface area (Å²) >= 11 is 3.50. The fourth-order valence-corrected chi connectivity index (χ4v) is 3.43. The van der Waals surface area contributed by atoms with E-state index >= 15 is 0 Å². The molecule has 0 amide bonds. The normalized spacial score (nSPS) is 17.1. The number of nitrogens with zero attached hydrogens (tertiary/aromatic N) is 3. The maximum atomic E-state index is 4.32. The van der Waals surface area contributed by atoms with Crippen molar-refractivity contribution in [3.05, 3.63) is 53.3 Å². The van der Waals surface area contributed by atoms with Crippen molar-refractivity contribution in [2.24, 2.45) is 10.9 Å². The van der Waals surface area contributed by atoms with Gasteiger partial charge in [0, 0.05) is 62.3 Å². The van der Waals surface area contributed by atoms with E-state index in [1.54, 1.807) is 0 Å². The molecule has 0 radical (unpaired) electrons. The molecule has 2 aromatic rings. The highest BCUT2D eigenvalue weighted by Crippen LogP contribution is 2.24. The maximum absolute atomic E-state index is 4.32. The van der Waals surface area contributed by atoms with Crippen LogP contribution in [0, 0.1) is 5.92 Å². The van der Waals surface area contributed by atoms with Crippen molar-refractivity contribution in [3.63, 3.8) is 0 Å². The molecule has 3 rings (SSSR count). The summed E-state index contributed by atoms with van der Waals surface area (Å²) in [7, 11) is 1.83. The minimum atomic E-state index is 0. The summed E-state index contributed by atoms with van der Waals surface area (Å²) < 4.78 is 3.29. The number of hydrogen-bond donors (Lipinski definition) is 2. The van der Waals surface area contributed by atoms with E-state index in [-0.39, 0.29) is 24.0 Å². The summed E-state index contributed by atoms with van der Waals surface area (Å²) in [5, 5.41) is 6.85. The van der Waals surface area contributed by atoms with Crippen LogP contribution in [0.3, 0.4) is 0 Å². The molecule has 1 aliphatic heterocycles. The zero-order chi connectivity index (χ0) is 17.5. The van der Waals surface area contributed by atoms with Crippen molar-refractivity contribution in [1.82, 2.24) is 15.2 Å². The molecule has 7 heteroatoms. The molecule has 1 aliphatic rings. The van der Waals surface area contributed by atoms with Crippen LogP contribution >= 0.6 is 39.9 Å². The van der Waals surface area contributed by atoms with Crippen LogP contribution in [0.2, 0.25) is 0 Å². The van der Waals surface area contributed by atoms with Crippen LogP contribution < -0.4 is 15.5 Å². The number of halogens is 2. The first-order valence-corrected chi connectivity index (χ1v) is 9.59. The van der Waals surface area contributed by atoms with Gasteiger partial charge in [-0.3, -0.25) is 4.99 Å². The van der Waals surface area contributed by atoms with Gasteiger partial charge in [0.25, 0.3) is 0 Å². The molecule has 1 atom stereocenters. The Morgan fingerprint density at radius 2 is 1.92 bits per heavy atom. The molecule has 5 nitrogen and oxygen atoms in total. The van der Waals surface area contributed by atoms with Gasteiger partial charge in [-0.15, -0.1) is 24.0 Å². The Bertz CT molecular complexity index is 672. The van der Waals surface area contributed by atoms with Crippen molar-refractivity contribution >= 4 is 51.6 Å². The first kappa shape index (κ1) is 21.1. The van der Waals surface area contributed by atoms with Crippen molar-refractivity contribution in [1.29, 1.82) is 0 Å². The fourth-order valence-electron chi connectivity index (χ4n) is 3.17. The summed E-state index contributed by atoms with van der Waals surface area (Å²) in [4.78, 5) is 6.78. The maximum Gasteiger partial charge on any atom is 0.191 e. The minimum absolute atomic E-state index is 0. The molecule has 1 aromatic carbocycles. The van der Waals surface area contributed by atoms with E-state index in [1.807, 2.05) is 19.2 Å². The second-order valence-corrected chi connectivity index (χ2v) is 7.29. The fraction of sp³-hybridized carbons (Fsp3) is 0.421. The highest BCUT2D eigenvalue weighted by molar-refractivity contribution is 14.0. The van der Waals surface area contributed by atoms with Crippen molar-refractivity contribution in [3.8, 4) is 0 Å². The van der Waals surface area contributed by atoms with Crippen molar-refractivity contribution in [2.75, 3.05) is 38.1 Å². The van der Waals surface area contributed by atoms with Crippen LogP contribution in [0.25, 0.3) is 0 Å². The topological polar surface area (TPSA) is 44.6 Å². The molecule has 1 aromatic heterocycles. The average Bonchev–Trinajstić information content (AvgIpc) is 3.30. The molecule has 1 saturated heterocycles. The third-order valence-corrected chi connectivity index (χ3v) is 5.12. The molecule has 1 fully saturated rings. The molecule has 0 bridgehead atoms. The summed E-state index contributed by atoms with van der Waals surface area (Å²) in [6, 6.07) is 12.7. The lowest BCUT2D eigenvalue weighted by molar-refractivity contribution is 0.563. The Kier molecular flexibility index (Phi) is 8.77. The van der Waals surface area contributed by atoms with Crippen LogP contribution in [-0.2, 0) is 6.54 Å². The molecule has 2 heterocycles. The number of aromatic nitrogens is 1. The van der Waals surface area contributed by atoms with E-state index in [9.17, 15) is 0 Å². The quantitative estimate of drug-likeness (QED) is 0.340. The van der Waals surface area contributed by atoms with Crippen LogP contribution in [0.4, 0.5) is 5.69 Å². The largest absolute Gasteiger partial charge is 0.371 e. The van der Waals surface area contributed by atoms with Gasteiger partial charge in [-0.25, -0.2) is 0 Å². The number of aliphatic imine (C=N–C) groups is 1. The van der Waals surface area contributed by atoms with Gasteiger partial charge in [-0.05, 0) is 48.7 Å². The zero-order valence-corrected chi connectivity index (χ0v) is 19.0. The number of nitrogens with one attached hydrogen (secondary N) is 2. The first-order chi connectivity index (χ1) is 12.2. The lowest BCUT2D eigenvalue weighted by atomic mass is 10.1. The highest BCUT2D eigenvalue weighted by Gasteiger charge is 2.22. The Hall–Kier alpha value is -1.22. The van der Waals surface area contributed by atoms with Gasteiger partial charge in [0.05, 0.1) is 0 Å². The van der Waals surface area contributed by atoms with E-state index < -0.39 is 0 Å². The summed E-state index contributed by atoms with van der Waals surface area (Å²) in [6.07, 6.45) is 5.36.